The molecule has 0 unspecified atom stereocenters. The molecule has 2 atom stereocenters. The molecule has 2 nitrogen and oxygen atoms in total. The monoisotopic (exact) mass is 257 g/mol. The van der Waals surface area contributed by atoms with Crippen molar-refractivity contribution in [3.8, 4) is 0 Å². The molecule has 1 amide bonds. The highest BCUT2D eigenvalue weighted by molar-refractivity contribution is 8.01. The summed E-state index contributed by atoms with van der Waals surface area (Å²) >= 11 is 1.73. The Morgan fingerprint density at radius 2 is 1.83 bits per heavy atom. The van der Waals surface area contributed by atoms with E-state index in [1.165, 1.54) is 16.3 Å². The SMILES string of the molecule is C[C@@H]1S[C@@H](c2cccc3ccccc23)N(C)C1=O. The maximum atomic E-state index is 11.9. The van der Waals surface area contributed by atoms with Gasteiger partial charge in [0.05, 0.1) is 5.25 Å². The van der Waals surface area contributed by atoms with Crippen LogP contribution in [0.25, 0.3) is 10.8 Å². The number of rotatable bonds is 1. The first-order chi connectivity index (χ1) is 8.68. The quantitative estimate of drug-likeness (QED) is 0.780. The molecule has 0 radical (unpaired) electrons. The first-order valence-electron chi connectivity index (χ1n) is 6.08. The molecule has 1 saturated heterocycles. The van der Waals surface area contributed by atoms with Crippen LogP contribution in [-0.2, 0) is 4.79 Å². The molecule has 0 bridgehead atoms. The minimum atomic E-state index is 0.0546. The van der Waals surface area contributed by atoms with Gasteiger partial charge in [0.15, 0.2) is 0 Å². The number of carbonyl (C=O) groups excluding carboxylic acids is 1. The number of carbonyl (C=O) groups is 1. The number of amides is 1. The molecule has 2 aromatic carbocycles. The van der Waals surface area contributed by atoms with Gasteiger partial charge >= 0.3 is 0 Å². The lowest BCUT2D eigenvalue weighted by Crippen LogP contribution is -2.25. The van der Waals surface area contributed by atoms with Gasteiger partial charge in [-0.2, -0.15) is 0 Å². The van der Waals surface area contributed by atoms with Crippen LogP contribution in [0.4, 0.5) is 0 Å². The van der Waals surface area contributed by atoms with E-state index >= 15 is 0 Å². The highest BCUT2D eigenvalue weighted by atomic mass is 32.2. The Bertz CT molecular complexity index is 605. The second-order valence-electron chi connectivity index (χ2n) is 4.65. The number of hydrogen-bond acceptors (Lipinski definition) is 2. The fraction of sp³-hybridized carbons (Fsp3) is 0.267. The lowest BCUT2D eigenvalue weighted by atomic mass is 10.0. The number of hydrogen-bond donors (Lipinski definition) is 0. The lowest BCUT2D eigenvalue weighted by Gasteiger charge is -2.20. The minimum absolute atomic E-state index is 0.0546. The van der Waals surface area contributed by atoms with Crippen molar-refractivity contribution in [3.05, 3.63) is 48.0 Å². The average molecular weight is 257 g/mol. The largest absolute Gasteiger partial charge is 0.329 e. The molecule has 0 saturated carbocycles. The fourth-order valence-corrected chi connectivity index (χ4v) is 3.80. The van der Waals surface area contributed by atoms with Gasteiger partial charge in [0.25, 0.3) is 0 Å². The van der Waals surface area contributed by atoms with Gasteiger partial charge in [-0.15, -0.1) is 11.8 Å². The van der Waals surface area contributed by atoms with E-state index in [1.807, 2.05) is 24.9 Å². The van der Waals surface area contributed by atoms with Crippen LogP contribution in [0.15, 0.2) is 42.5 Å². The number of benzene rings is 2. The van der Waals surface area contributed by atoms with Crippen molar-refractivity contribution in [2.45, 2.75) is 17.5 Å². The van der Waals surface area contributed by atoms with Crippen molar-refractivity contribution in [2.75, 3.05) is 7.05 Å². The summed E-state index contributed by atoms with van der Waals surface area (Å²) < 4.78 is 0. The van der Waals surface area contributed by atoms with Crippen molar-refractivity contribution in [1.29, 1.82) is 0 Å². The number of fused-ring (bicyclic) bond motifs is 1. The Kier molecular flexibility index (Phi) is 2.78. The van der Waals surface area contributed by atoms with Crippen molar-refractivity contribution in [2.24, 2.45) is 0 Å². The highest BCUT2D eigenvalue weighted by Gasteiger charge is 2.36. The Labute approximate surface area is 111 Å². The predicted octanol–water partition coefficient (Wildman–Crippen LogP) is 3.43. The van der Waals surface area contributed by atoms with Crippen LogP contribution < -0.4 is 0 Å². The molecule has 2 aromatic rings. The third kappa shape index (κ3) is 1.70. The summed E-state index contributed by atoms with van der Waals surface area (Å²) in [6, 6.07) is 14.7. The van der Waals surface area contributed by atoms with E-state index in [0.717, 1.165) is 0 Å². The van der Waals surface area contributed by atoms with Crippen molar-refractivity contribution in [1.82, 2.24) is 4.90 Å². The maximum absolute atomic E-state index is 11.9. The van der Waals surface area contributed by atoms with Crippen LogP contribution in [0.3, 0.4) is 0 Å². The molecular weight excluding hydrogens is 242 g/mol. The summed E-state index contributed by atoms with van der Waals surface area (Å²) in [5, 5.41) is 2.67. The minimum Gasteiger partial charge on any atom is -0.329 e. The zero-order valence-electron chi connectivity index (χ0n) is 10.5. The highest BCUT2D eigenvalue weighted by Crippen LogP contribution is 2.43. The maximum Gasteiger partial charge on any atom is 0.236 e. The Hall–Kier alpha value is -1.48. The van der Waals surface area contributed by atoms with Crippen LogP contribution in [0.1, 0.15) is 17.9 Å². The summed E-state index contributed by atoms with van der Waals surface area (Å²) in [7, 11) is 1.89. The van der Waals surface area contributed by atoms with Crippen molar-refractivity contribution >= 4 is 28.4 Å². The molecule has 0 spiro atoms. The molecule has 92 valence electrons. The smallest absolute Gasteiger partial charge is 0.236 e. The van der Waals surface area contributed by atoms with Gasteiger partial charge in [-0.1, -0.05) is 42.5 Å². The zero-order chi connectivity index (χ0) is 12.7. The van der Waals surface area contributed by atoms with Gasteiger partial charge in [-0.3, -0.25) is 4.79 Å². The second kappa shape index (κ2) is 4.32. The molecule has 0 N–H and O–H groups in total. The van der Waals surface area contributed by atoms with E-state index in [2.05, 4.69) is 36.4 Å². The standard InChI is InChI=1S/C15H15NOS/c1-10-14(17)16(2)15(18-10)13-9-5-7-11-6-3-4-8-12(11)13/h3-10,15H,1-2H3/t10-,15-/m0/s1. The lowest BCUT2D eigenvalue weighted by molar-refractivity contribution is -0.128. The van der Waals surface area contributed by atoms with Crippen LogP contribution >= 0.6 is 11.8 Å². The molecule has 1 aliphatic rings. The molecule has 1 aliphatic heterocycles. The summed E-state index contributed by atoms with van der Waals surface area (Å²) in [4.78, 5) is 13.8. The molecular formula is C15H15NOS. The molecule has 18 heavy (non-hydrogen) atoms. The first kappa shape index (κ1) is 11.6. The molecule has 3 heteroatoms. The summed E-state index contributed by atoms with van der Waals surface area (Å²) in [6.45, 7) is 1.98. The molecule has 1 heterocycles. The normalized spacial score (nSPS) is 23.9. The second-order valence-corrected chi connectivity index (χ2v) is 6.07. The third-order valence-electron chi connectivity index (χ3n) is 3.47. The van der Waals surface area contributed by atoms with Gasteiger partial charge in [0, 0.05) is 7.05 Å². The molecule has 0 aromatic heterocycles. The van der Waals surface area contributed by atoms with E-state index in [1.54, 1.807) is 11.8 Å². The van der Waals surface area contributed by atoms with Crippen LogP contribution in [0.2, 0.25) is 0 Å². The Balaban J connectivity index is 2.13. The third-order valence-corrected chi connectivity index (χ3v) is 4.91. The molecule has 1 fully saturated rings. The van der Waals surface area contributed by atoms with E-state index in [4.69, 9.17) is 0 Å². The predicted molar refractivity (Wildman–Crippen MR) is 76.5 cm³/mol. The van der Waals surface area contributed by atoms with Gasteiger partial charge in [0.2, 0.25) is 5.91 Å². The van der Waals surface area contributed by atoms with E-state index in [0.29, 0.717) is 0 Å². The Morgan fingerprint density at radius 3 is 2.56 bits per heavy atom. The topological polar surface area (TPSA) is 20.3 Å². The first-order valence-corrected chi connectivity index (χ1v) is 7.02. The zero-order valence-corrected chi connectivity index (χ0v) is 11.3. The number of thioether (sulfide) groups is 1. The van der Waals surface area contributed by atoms with Gasteiger partial charge in [-0.05, 0) is 23.3 Å². The summed E-state index contributed by atoms with van der Waals surface area (Å²) in [5.74, 6) is 0.220. The Morgan fingerprint density at radius 1 is 1.11 bits per heavy atom. The fourth-order valence-electron chi connectivity index (χ4n) is 2.49. The average Bonchev–Trinajstić information content (AvgIpc) is 2.66. The van der Waals surface area contributed by atoms with Crippen LogP contribution in [0, 0.1) is 0 Å². The van der Waals surface area contributed by atoms with Crippen LogP contribution in [-0.4, -0.2) is 23.1 Å². The van der Waals surface area contributed by atoms with Gasteiger partial charge in [0.1, 0.15) is 5.37 Å². The summed E-state index contributed by atoms with van der Waals surface area (Å²) in [5.41, 5.74) is 1.23. The van der Waals surface area contributed by atoms with Crippen molar-refractivity contribution < 1.29 is 4.79 Å². The van der Waals surface area contributed by atoms with Crippen molar-refractivity contribution in [3.63, 3.8) is 0 Å². The molecule has 0 aliphatic carbocycles. The van der Waals surface area contributed by atoms with Gasteiger partial charge in [-0.25, -0.2) is 0 Å². The number of nitrogens with zero attached hydrogens (tertiary/aromatic N) is 1. The van der Waals surface area contributed by atoms with Crippen LogP contribution in [0.5, 0.6) is 0 Å². The molecule has 3 rings (SSSR count). The van der Waals surface area contributed by atoms with E-state index in [-0.39, 0.29) is 16.5 Å². The van der Waals surface area contributed by atoms with Gasteiger partial charge < -0.3 is 4.90 Å². The summed E-state index contributed by atoms with van der Waals surface area (Å²) in [6.07, 6.45) is 0. The van der Waals surface area contributed by atoms with E-state index < -0.39 is 0 Å². The van der Waals surface area contributed by atoms with E-state index in [9.17, 15) is 4.79 Å².